The molecule has 0 aliphatic carbocycles. The van der Waals surface area contributed by atoms with Crippen LogP contribution < -0.4 is 0 Å². The smallest absolute Gasteiger partial charge is 0.233 e. The van der Waals surface area contributed by atoms with Crippen molar-refractivity contribution in [2.24, 2.45) is 0 Å². The Morgan fingerprint density at radius 3 is 2.26 bits per heavy atom. The summed E-state index contributed by atoms with van der Waals surface area (Å²) >= 11 is 5.83. The van der Waals surface area contributed by atoms with E-state index in [2.05, 4.69) is 9.97 Å². The number of hydrogen-bond acceptors (Lipinski definition) is 2. The van der Waals surface area contributed by atoms with Gasteiger partial charge in [-0.05, 0) is 31.5 Å². The largest absolute Gasteiger partial charge is 0.416 e. The molecule has 0 spiro atoms. The van der Waals surface area contributed by atoms with Gasteiger partial charge in [-0.2, -0.15) is 13.2 Å². The summed E-state index contributed by atoms with van der Waals surface area (Å²) in [7, 11) is 0. The molecule has 0 bridgehead atoms. The minimum atomic E-state index is -4.34. The lowest BCUT2D eigenvalue weighted by atomic mass is 10.0. The highest BCUT2D eigenvalue weighted by Crippen LogP contribution is 2.33. The second-order valence-corrected chi connectivity index (χ2v) is 4.54. The molecule has 2 rings (SSSR count). The van der Waals surface area contributed by atoms with Crippen LogP contribution >= 0.6 is 11.6 Å². The number of halogens is 4. The van der Waals surface area contributed by atoms with Crippen molar-refractivity contribution in [3.63, 3.8) is 0 Å². The van der Waals surface area contributed by atoms with E-state index in [0.29, 0.717) is 22.6 Å². The first-order valence-corrected chi connectivity index (χ1v) is 5.84. The van der Waals surface area contributed by atoms with Gasteiger partial charge in [0.25, 0.3) is 0 Å². The molecule has 0 aliphatic heterocycles. The van der Waals surface area contributed by atoms with Crippen molar-refractivity contribution in [2.45, 2.75) is 20.0 Å². The van der Waals surface area contributed by atoms with Gasteiger partial charge in [0, 0.05) is 11.6 Å². The first kappa shape index (κ1) is 13.8. The minimum Gasteiger partial charge on any atom is -0.233 e. The maximum atomic E-state index is 12.6. The monoisotopic (exact) mass is 286 g/mol. The number of aryl methyl sites for hydroxylation is 2. The second kappa shape index (κ2) is 4.81. The quantitative estimate of drug-likeness (QED) is 0.725. The van der Waals surface area contributed by atoms with E-state index in [1.807, 2.05) is 0 Å². The Morgan fingerprint density at radius 1 is 1.05 bits per heavy atom. The highest BCUT2D eigenvalue weighted by Gasteiger charge is 2.30. The molecule has 0 amide bonds. The third-order valence-electron chi connectivity index (χ3n) is 2.64. The van der Waals surface area contributed by atoms with E-state index >= 15 is 0 Å². The Balaban J connectivity index is 2.52. The molecule has 1 aromatic heterocycles. The van der Waals surface area contributed by atoms with E-state index in [1.165, 1.54) is 12.1 Å². The molecule has 0 aliphatic rings. The number of alkyl halides is 3. The Bertz CT molecular complexity index is 604. The van der Waals surface area contributed by atoms with E-state index in [1.54, 1.807) is 13.8 Å². The van der Waals surface area contributed by atoms with Crippen LogP contribution in [0.1, 0.15) is 17.0 Å². The zero-order chi connectivity index (χ0) is 14.2. The molecule has 0 saturated carbocycles. The van der Waals surface area contributed by atoms with Crippen LogP contribution in [0.4, 0.5) is 13.2 Å². The maximum Gasteiger partial charge on any atom is 0.416 e. The van der Waals surface area contributed by atoms with Gasteiger partial charge in [0.05, 0.1) is 11.3 Å². The van der Waals surface area contributed by atoms with Crippen LogP contribution in [0.2, 0.25) is 5.15 Å². The summed E-state index contributed by atoms with van der Waals surface area (Å²) in [6.45, 7) is 3.28. The van der Waals surface area contributed by atoms with E-state index in [-0.39, 0.29) is 5.15 Å². The predicted molar refractivity (Wildman–Crippen MR) is 67.0 cm³/mol. The SMILES string of the molecule is Cc1nc(Cl)cc(-c2ccc(C(F)(F)F)cc2C)n1. The Morgan fingerprint density at radius 2 is 1.74 bits per heavy atom. The maximum absolute atomic E-state index is 12.6. The van der Waals surface area contributed by atoms with Crippen LogP contribution in [0.25, 0.3) is 11.3 Å². The zero-order valence-corrected chi connectivity index (χ0v) is 11.0. The summed E-state index contributed by atoms with van der Waals surface area (Å²) in [6.07, 6.45) is -4.34. The Kier molecular flexibility index (Phi) is 3.49. The fourth-order valence-corrected chi connectivity index (χ4v) is 2.02. The third kappa shape index (κ3) is 3.04. The molecular formula is C13H10ClF3N2. The second-order valence-electron chi connectivity index (χ2n) is 4.15. The van der Waals surface area contributed by atoms with Gasteiger partial charge in [-0.25, -0.2) is 9.97 Å². The van der Waals surface area contributed by atoms with Gasteiger partial charge in [-0.1, -0.05) is 17.7 Å². The fraction of sp³-hybridized carbons (Fsp3) is 0.231. The summed E-state index contributed by atoms with van der Waals surface area (Å²) in [4.78, 5) is 8.10. The van der Waals surface area contributed by atoms with Crippen molar-refractivity contribution >= 4 is 11.6 Å². The number of rotatable bonds is 1. The van der Waals surface area contributed by atoms with Gasteiger partial charge in [0.15, 0.2) is 0 Å². The van der Waals surface area contributed by atoms with Crippen molar-refractivity contribution < 1.29 is 13.2 Å². The van der Waals surface area contributed by atoms with Gasteiger partial charge >= 0.3 is 6.18 Å². The lowest BCUT2D eigenvalue weighted by Crippen LogP contribution is -2.05. The molecule has 19 heavy (non-hydrogen) atoms. The molecule has 2 aromatic rings. The molecule has 0 N–H and O–H groups in total. The van der Waals surface area contributed by atoms with Crippen molar-refractivity contribution in [2.75, 3.05) is 0 Å². The van der Waals surface area contributed by atoms with Gasteiger partial charge in [0.2, 0.25) is 0 Å². The number of benzene rings is 1. The Hall–Kier alpha value is -1.62. The molecule has 0 fully saturated rings. The zero-order valence-electron chi connectivity index (χ0n) is 10.2. The molecule has 0 radical (unpaired) electrons. The first-order chi connectivity index (χ1) is 8.77. The molecule has 2 nitrogen and oxygen atoms in total. The lowest BCUT2D eigenvalue weighted by Gasteiger charge is -2.11. The molecule has 1 aromatic carbocycles. The van der Waals surface area contributed by atoms with Gasteiger partial charge in [0.1, 0.15) is 11.0 Å². The van der Waals surface area contributed by atoms with Crippen LogP contribution in [-0.2, 0) is 6.18 Å². The molecule has 1 heterocycles. The summed E-state index contributed by atoms with van der Waals surface area (Å²) in [5.74, 6) is 0.474. The van der Waals surface area contributed by atoms with Gasteiger partial charge in [-0.15, -0.1) is 0 Å². The highest BCUT2D eigenvalue weighted by atomic mass is 35.5. The van der Waals surface area contributed by atoms with Crippen LogP contribution in [0, 0.1) is 13.8 Å². The van der Waals surface area contributed by atoms with Crippen LogP contribution in [0.5, 0.6) is 0 Å². The fourth-order valence-electron chi connectivity index (χ4n) is 1.80. The lowest BCUT2D eigenvalue weighted by molar-refractivity contribution is -0.137. The molecular weight excluding hydrogens is 277 g/mol. The molecule has 0 saturated heterocycles. The molecule has 6 heteroatoms. The average molecular weight is 287 g/mol. The van der Waals surface area contributed by atoms with E-state index in [4.69, 9.17) is 11.6 Å². The van der Waals surface area contributed by atoms with Crippen LogP contribution in [0.15, 0.2) is 24.3 Å². The molecule has 100 valence electrons. The van der Waals surface area contributed by atoms with E-state index in [0.717, 1.165) is 12.1 Å². The topological polar surface area (TPSA) is 25.8 Å². The summed E-state index contributed by atoms with van der Waals surface area (Å²) in [5.41, 5.74) is 0.943. The normalized spacial score (nSPS) is 11.7. The van der Waals surface area contributed by atoms with Crippen molar-refractivity contribution in [1.29, 1.82) is 0 Å². The van der Waals surface area contributed by atoms with Gasteiger partial charge < -0.3 is 0 Å². The number of nitrogens with zero attached hydrogens (tertiary/aromatic N) is 2. The highest BCUT2D eigenvalue weighted by molar-refractivity contribution is 6.29. The van der Waals surface area contributed by atoms with Crippen molar-refractivity contribution in [3.05, 3.63) is 46.4 Å². The third-order valence-corrected chi connectivity index (χ3v) is 2.83. The number of aromatic nitrogens is 2. The van der Waals surface area contributed by atoms with Crippen molar-refractivity contribution in [3.8, 4) is 11.3 Å². The first-order valence-electron chi connectivity index (χ1n) is 5.47. The minimum absolute atomic E-state index is 0.266. The van der Waals surface area contributed by atoms with Crippen LogP contribution in [0.3, 0.4) is 0 Å². The van der Waals surface area contributed by atoms with Crippen LogP contribution in [-0.4, -0.2) is 9.97 Å². The van der Waals surface area contributed by atoms with Crippen molar-refractivity contribution in [1.82, 2.24) is 9.97 Å². The van der Waals surface area contributed by atoms with E-state index < -0.39 is 11.7 Å². The van der Waals surface area contributed by atoms with Gasteiger partial charge in [-0.3, -0.25) is 0 Å². The summed E-state index contributed by atoms with van der Waals surface area (Å²) in [5, 5.41) is 0.266. The molecule has 0 atom stereocenters. The van der Waals surface area contributed by atoms with E-state index in [9.17, 15) is 13.2 Å². The predicted octanol–water partition coefficient (Wildman–Crippen LogP) is 4.43. The Labute approximate surface area is 113 Å². The number of hydrogen-bond donors (Lipinski definition) is 0. The standard InChI is InChI=1S/C13H10ClF3N2/c1-7-5-9(13(15,16)17)3-4-10(7)11-6-12(14)19-8(2)18-11/h3-6H,1-2H3. The molecule has 0 unspecified atom stereocenters. The average Bonchev–Trinajstić information content (AvgIpc) is 2.26. The summed E-state index contributed by atoms with van der Waals surface area (Å²) < 4.78 is 37.8. The summed E-state index contributed by atoms with van der Waals surface area (Å²) in [6, 6.07) is 5.06.